The molecule has 1 atom stereocenters. The highest BCUT2D eigenvalue weighted by molar-refractivity contribution is 6.22. The van der Waals surface area contributed by atoms with Crippen LogP contribution in [0.15, 0.2) is 79.1 Å². The zero-order valence-electron chi connectivity index (χ0n) is 36.0. The molecule has 3 aromatic carbocycles. The lowest BCUT2D eigenvalue weighted by molar-refractivity contribution is -0.125. The van der Waals surface area contributed by atoms with Crippen molar-refractivity contribution in [3.8, 4) is 11.5 Å². The number of nitrogens with zero attached hydrogens (tertiary/aromatic N) is 6. The molecule has 330 valence electrons. The van der Waals surface area contributed by atoms with Crippen molar-refractivity contribution < 1.29 is 23.9 Å². The number of ether oxygens (including phenoxy) is 1. The van der Waals surface area contributed by atoms with Gasteiger partial charge in [-0.25, -0.2) is 9.97 Å². The van der Waals surface area contributed by atoms with Gasteiger partial charge in [0.05, 0.1) is 22.4 Å². The first-order valence-electron chi connectivity index (χ1n) is 22.4. The average molecular weight is 855 g/mol. The minimum Gasteiger partial charge on any atom is -0.457 e. The zero-order chi connectivity index (χ0) is 43.9. The Labute approximate surface area is 368 Å². The third kappa shape index (κ3) is 10.4. The second-order valence-corrected chi connectivity index (χ2v) is 17.5. The molecule has 5 N–H and O–H groups in total. The highest BCUT2D eigenvalue weighted by atomic mass is 16.5. The summed E-state index contributed by atoms with van der Waals surface area (Å²) in [5.41, 5.74) is 9.63. The summed E-state index contributed by atoms with van der Waals surface area (Å²) < 4.78 is 5.94. The van der Waals surface area contributed by atoms with E-state index in [1.165, 1.54) is 24.1 Å². The summed E-state index contributed by atoms with van der Waals surface area (Å²) >= 11 is 0. The molecule has 0 radical (unpaired) electrons. The number of fused-ring (bicyclic) bond motifs is 1. The van der Waals surface area contributed by atoms with Gasteiger partial charge in [0.25, 0.3) is 11.8 Å². The van der Waals surface area contributed by atoms with Gasteiger partial charge in [-0.3, -0.25) is 34.8 Å². The summed E-state index contributed by atoms with van der Waals surface area (Å²) in [5.74, 6) is 2.55. The molecule has 15 heteroatoms. The molecule has 4 aromatic rings. The van der Waals surface area contributed by atoms with Gasteiger partial charge in [-0.2, -0.15) is 0 Å². The predicted octanol–water partition coefficient (Wildman–Crippen LogP) is 5.81. The van der Waals surface area contributed by atoms with E-state index in [0.29, 0.717) is 52.1 Å². The van der Waals surface area contributed by atoms with Crippen LogP contribution in [0, 0.1) is 17.2 Å². The van der Waals surface area contributed by atoms with Crippen molar-refractivity contribution in [1.82, 2.24) is 30.0 Å². The second kappa shape index (κ2) is 19.9. The van der Waals surface area contributed by atoms with Crippen molar-refractivity contribution >= 4 is 47.2 Å². The number of amides is 4. The summed E-state index contributed by atoms with van der Waals surface area (Å²) in [6.07, 6.45) is 8.71. The standard InChI is InChI=1S/C48H58N10O5/c1-32(7-14-42(60)53-31-59)58-47(61)40-13-10-37(27-41(40)48(58)62)57-25-17-34(18-26-57)29-55-21-15-33(16-22-55)28-56-23-19-36(20-24-56)54-46-43(45(50)51-30-52-46)44(49)35-8-11-39(12-9-35)63-38-5-3-2-4-6-38/h2-6,8-13,27,30-34,36,49H,7,14-26,28-29H2,1H3,(H,53,59,60)(H3,50,51,52,54). The van der Waals surface area contributed by atoms with Crippen LogP contribution in [-0.2, 0) is 9.59 Å². The maximum atomic E-state index is 13.4. The van der Waals surface area contributed by atoms with Crippen LogP contribution >= 0.6 is 0 Å². The lowest BCUT2D eigenvalue weighted by Gasteiger charge is -2.40. The number of benzene rings is 3. The number of anilines is 3. The van der Waals surface area contributed by atoms with Gasteiger partial charge in [-0.15, -0.1) is 0 Å². The van der Waals surface area contributed by atoms with E-state index in [1.54, 1.807) is 13.0 Å². The predicted molar refractivity (Wildman–Crippen MR) is 242 cm³/mol. The molecule has 0 spiro atoms. The summed E-state index contributed by atoms with van der Waals surface area (Å²) in [6, 6.07) is 22.4. The Hall–Kier alpha value is -6.19. The van der Waals surface area contributed by atoms with Crippen molar-refractivity contribution in [1.29, 1.82) is 5.41 Å². The van der Waals surface area contributed by atoms with Gasteiger partial charge in [0.1, 0.15) is 29.5 Å². The van der Waals surface area contributed by atoms with E-state index in [9.17, 15) is 19.2 Å². The Morgan fingerprint density at radius 1 is 0.825 bits per heavy atom. The van der Waals surface area contributed by atoms with Crippen molar-refractivity contribution in [3.05, 3.63) is 101 Å². The molecule has 4 aliphatic rings. The van der Waals surface area contributed by atoms with E-state index < -0.39 is 11.9 Å². The van der Waals surface area contributed by atoms with E-state index in [-0.39, 0.29) is 42.2 Å². The van der Waals surface area contributed by atoms with Crippen molar-refractivity contribution in [2.75, 3.05) is 68.3 Å². The second-order valence-electron chi connectivity index (χ2n) is 17.5. The Kier molecular flexibility index (Phi) is 13.7. The minimum absolute atomic E-state index is 0.0502. The number of hydrogen-bond acceptors (Lipinski definition) is 13. The molecular formula is C48H58N10O5. The highest BCUT2D eigenvalue weighted by Gasteiger charge is 2.39. The van der Waals surface area contributed by atoms with E-state index in [4.69, 9.17) is 15.9 Å². The fourth-order valence-corrected chi connectivity index (χ4v) is 9.57. The SMILES string of the molecule is CC(CCC(=O)NC=O)N1C(=O)c2ccc(N3CCC(CN4CCC(CN5CCC(Nc6ncnc(N)c6C(=N)c6ccc(Oc7ccccc7)cc6)CC5)CC4)CC3)cc2C1=O. The Bertz CT molecular complexity index is 2270. The fraction of sp³-hybridized carbons (Fsp3) is 0.438. The van der Waals surface area contributed by atoms with Gasteiger partial charge in [-0.1, -0.05) is 18.2 Å². The molecule has 1 aromatic heterocycles. The number of hydrogen-bond donors (Lipinski definition) is 4. The number of rotatable bonds is 16. The molecular weight excluding hydrogens is 797 g/mol. The number of likely N-dealkylation sites (tertiary alicyclic amines) is 2. The van der Waals surface area contributed by atoms with Crippen LogP contribution in [0.5, 0.6) is 11.5 Å². The molecule has 4 amide bonds. The monoisotopic (exact) mass is 854 g/mol. The maximum Gasteiger partial charge on any atom is 0.261 e. The first-order chi connectivity index (χ1) is 30.6. The smallest absolute Gasteiger partial charge is 0.261 e. The largest absolute Gasteiger partial charge is 0.457 e. The molecule has 8 rings (SSSR count). The van der Waals surface area contributed by atoms with Crippen molar-refractivity contribution in [2.24, 2.45) is 11.8 Å². The molecule has 3 saturated heterocycles. The third-order valence-electron chi connectivity index (χ3n) is 13.2. The van der Waals surface area contributed by atoms with Crippen LogP contribution < -0.4 is 26.0 Å². The Balaban J connectivity index is 0.747. The maximum absolute atomic E-state index is 13.4. The molecule has 5 heterocycles. The summed E-state index contributed by atoms with van der Waals surface area (Å²) in [7, 11) is 0. The summed E-state index contributed by atoms with van der Waals surface area (Å²) in [4.78, 5) is 66.4. The van der Waals surface area contributed by atoms with Gasteiger partial charge >= 0.3 is 0 Å². The molecule has 0 aliphatic carbocycles. The van der Waals surface area contributed by atoms with Crippen LogP contribution in [0.1, 0.15) is 90.1 Å². The molecule has 4 aliphatic heterocycles. The van der Waals surface area contributed by atoms with Gasteiger partial charge in [0, 0.05) is 69.0 Å². The number of nitrogens with two attached hydrogens (primary N) is 1. The van der Waals surface area contributed by atoms with Crippen molar-refractivity contribution in [3.63, 3.8) is 0 Å². The zero-order valence-corrected chi connectivity index (χ0v) is 36.0. The molecule has 63 heavy (non-hydrogen) atoms. The molecule has 3 fully saturated rings. The normalized spacial score (nSPS) is 18.6. The molecule has 0 bridgehead atoms. The van der Waals surface area contributed by atoms with Gasteiger partial charge in [-0.05, 0) is 131 Å². The topological polar surface area (TPSA) is 190 Å². The quantitative estimate of drug-likeness (QED) is 0.0603. The number of carbonyl (C=O) groups is 4. The summed E-state index contributed by atoms with van der Waals surface area (Å²) in [6.45, 7) is 10.1. The van der Waals surface area contributed by atoms with Crippen LogP contribution in [0.3, 0.4) is 0 Å². The summed E-state index contributed by atoms with van der Waals surface area (Å²) in [5, 5.41) is 14.8. The number of nitrogens with one attached hydrogen (secondary N) is 3. The number of para-hydroxylation sites is 1. The van der Waals surface area contributed by atoms with E-state index >= 15 is 0 Å². The highest BCUT2D eigenvalue weighted by Crippen LogP contribution is 2.33. The van der Waals surface area contributed by atoms with Gasteiger partial charge in [0.15, 0.2) is 0 Å². The lowest BCUT2D eigenvalue weighted by Crippen LogP contribution is -2.45. The van der Waals surface area contributed by atoms with E-state index in [0.717, 1.165) is 89.5 Å². The van der Waals surface area contributed by atoms with Gasteiger partial charge < -0.3 is 30.5 Å². The average Bonchev–Trinajstić information content (AvgIpc) is 3.55. The van der Waals surface area contributed by atoms with Crippen LogP contribution in [0.4, 0.5) is 17.3 Å². The molecule has 1 unspecified atom stereocenters. The number of imide groups is 2. The number of piperidine rings is 3. The van der Waals surface area contributed by atoms with E-state index in [1.807, 2.05) is 66.7 Å². The lowest BCUT2D eigenvalue weighted by atomic mass is 9.91. The van der Waals surface area contributed by atoms with Crippen LogP contribution in [-0.4, -0.2) is 119 Å². The van der Waals surface area contributed by atoms with Crippen LogP contribution in [0.25, 0.3) is 0 Å². The first-order valence-corrected chi connectivity index (χ1v) is 22.4. The Morgan fingerprint density at radius 2 is 1.44 bits per heavy atom. The minimum atomic E-state index is -0.464. The van der Waals surface area contributed by atoms with Crippen LogP contribution in [0.2, 0.25) is 0 Å². The van der Waals surface area contributed by atoms with Crippen molar-refractivity contribution in [2.45, 2.75) is 70.4 Å². The fourth-order valence-electron chi connectivity index (χ4n) is 9.57. The number of nitrogen functional groups attached to an aromatic ring is 1. The van der Waals surface area contributed by atoms with E-state index in [2.05, 4.69) is 35.3 Å². The number of carbonyl (C=O) groups excluding carboxylic acids is 4. The third-order valence-corrected chi connectivity index (χ3v) is 13.2. The molecule has 0 saturated carbocycles. The number of aromatic nitrogens is 2. The molecule has 15 nitrogen and oxygen atoms in total. The Morgan fingerprint density at radius 3 is 2.11 bits per heavy atom. The first kappa shape index (κ1) is 43.5. The van der Waals surface area contributed by atoms with Gasteiger partial charge in [0.2, 0.25) is 12.3 Å².